The van der Waals surface area contributed by atoms with Gasteiger partial charge in [-0.15, -0.1) is 11.3 Å². The van der Waals surface area contributed by atoms with E-state index in [1.165, 1.54) is 5.56 Å². The van der Waals surface area contributed by atoms with Crippen molar-refractivity contribution in [3.63, 3.8) is 0 Å². The molecule has 4 N–H and O–H groups in total. The molecule has 0 bridgehead atoms. The average Bonchev–Trinajstić information content (AvgIpc) is 3.30. The highest BCUT2D eigenvalue weighted by atomic mass is 32.1. The van der Waals surface area contributed by atoms with E-state index in [-0.39, 0.29) is 12.3 Å². The van der Waals surface area contributed by atoms with Crippen LogP contribution in [0, 0.1) is 27.7 Å². The fourth-order valence-electron chi connectivity index (χ4n) is 3.97. The summed E-state index contributed by atoms with van der Waals surface area (Å²) in [6, 6.07) is 15.8. The molecule has 37 heavy (non-hydrogen) atoms. The van der Waals surface area contributed by atoms with Crippen LogP contribution in [-0.4, -0.2) is 27.0 Å². The fourth-order valence-corrected chi connectivity index (χ4v) is 4.82. The second-order valence-electron chi connectivity index (χ2n) is 8.93. The molecule has 0 fully saturated rings. The maximum Gasteiger partial charge on any atom is 0.303 e. The van der Waals surface area contributed by atoms with Crippen molar-refractivity contribution in [3.8, 4) is 10.6 Å². The standard InChI is InChI=1S/C19H19N3O2S.C10H13NO/c1-13-8-9-20-17(10-13)21-11-16-12-22-19(25-16)15-5-2-14(3-6-15)4-7-18(23)24;1-6-4-7(2)9(10(11)12)8(3)5-6/h2-3,5-6,8-10,12H,4,7,11H2,1H3,(H,20,21)(H,23,24);4-5H,1-3H3,(H2,11,12). The highest BCUT2D eigenvalue weighted by Gasteiger charge is 2.08. The van der Waals surface area contributed by atoms with Gasteiger partial charge in [0.1, 0.15) is 10.8 Å². The number of amides is 1. The molecule has 0 radical (unpaired) electrons. The zero-order chi connectivity index (χ0) is 26.9. The predicted octanol–water partition coefficient (Wildman–Crippen LogP) is 5.85. The molecule has 0 atom stereocenters. The number of carboxylic acid groups (broad SMARTS) is 1. The van der Waals surface area contributed by atoms with E-state index in [1.807, 2.05) is 82.4 Å². The second-order valence-corrected chi connectivity index (χ2v) is 10.0. The van der Waals surface area contributed by atoms with Crippen LogP contribution in [0.4, 0.5) is 5.82 Å². The van der Waals surface area contributed by atoms with Crippen molar-refractivity contribution < 1.29 is 14.7 Å². The first-order valence-corrected chi connectivity index (χ1v) is 12.7. The number of anilines is 1. The van der Waals surface area contributed by atoms with E-state index in [9.17, 15) is 9.59 Å². The number of pyridine rings is 1. The molecule has 0 unspecified atom stereocenters. The lowest BCUT2D eigenvalue weighted by atomic mass is 10.00. The molecule has 0 aliphatic heterocycles. The monoisotopic (exact) mass is 516 g/mol. The number of hydrogen-bond acceptors (Lipinski definition) is 6. The van der Waals surface area contributed by atoms with Crippen molar-refractivity contribution in [2.24, 2.45) is 5.73 Å². The zero-order valence-electron chi connectivity index (χ0n) is 21.5. The van der Waals surface area contributed by atoms with Crippen molar-refractivity contribution in [1.29, 1.82) is 0 Å². The van der Waals surface area contributed by atoms with Gasteiger partial charge in [-0.25, -0.2) is 9.97 Å². The normalized spacial score (nSPS) is 10.4. The molecule has 2 heterocycles. The number of hydrogen-bond donors (Lipinski definition) is 3. The van der Waals surface area contributed by atoms with Gasteiger partial charge >= 0.3 is 5.97 Å². The van der Waals surface area contributed by atoms with E-state index >= 15 is 0 Å². The summed E-state index contributed by atoms with van der Waals surface area (Å²) in [4.78, 5) is 31.5. The molecule has 4 aromatic rings. The third kappa shape index (κ3) is 8.25. The number of nitrogens with two attached hydrogens (primary N) is 1. The number of carbonyl (C=O) groups excluding carboxylic acids is 1. The number of aliphatic carboxylic acids is 1. The first-order valence-electron chi connectivity index (χ1n) is 11.9. The topological polar surface area (TPSA) is 118 Å². The van der Waals surface area contributed by atoms with Crippen molar-refractivity contribution in [2.45, 2.75) is 47.1 Å². The summed E-state index contributed by atoms with van der Waals surface area (Å²) in [7, 11) is 0. The summed E-state index contributed by atoms with van der Waals surface area (Å²) in [5.41, 5.74) is 12.2. The Morgan fingerprint density at radius 1 is 0.946 bits per heavy atom. The van der Waals surface area contributed by atoms with Gasteiger partial charge in [-0.05, 0) is 68.5 Å². The van der Waals surface area contributed by atoms with E-state index in [2.05, 4.69) is 15.3 Å². The molecule has 0 aliphatic rings. The van der Waals surface area contributed by atoms with Crippen molar-refractivity contribution in [2.75, 3.05) is 5.32 Å². The van der Waals surface area contributed by atoms with E-state index in [0.717, 1.165) is 43.5 Å². The predicted molar refractivity (Wildman–Crippen MR) is 149 cm³/mol. The molecule has 4 rings (SSSR count). The smallest absolute Gasteiger partial charge is 0.303 e. The van der Waals surface area contributed by atoms with Gasteiger partial charge in [0.05, 0.1) is 6.54 Å². The van der Waals surface area contributed by atoms with Gasteiger partial charge in [-0.3, -0.25) is 9.59 Å². The van der Waals surface area contributed by atoms with E-state index in [1.54, 1.807) is 17.5 Å². The molecule has 2 aromatic carbocycles. The Kier molecular flexibility index (Phi) is 9.51. The van der Waals surface area contributed by atoms with Gasteiger partial charge in [0, 0.05) is 34.8 Å². The molecule has 1 amide bonds. The van der Waals surface area contributed by atoms with E-state index in [0.29, 0.717) is 18.5 Å². The van der Waals surface area contributed by atoms with Crippen LogP contribution >= 0.6 is 11.3 Å². The largest absolute Gasteiger partial charge is 0.481 e. The Hall–Kier alpha value is -4.04. The molecular weight excluding hydrogens is 484 g/mol. The third-order valence-electron chi connectivity index (χ3n) is 5.66. The maximum absolute atomic E-state index is 11.0. The minimum Gasteiger partial charge on any atom is -0.481 e. The van der Waals surface area contributed by atoms with Crippen molar-refractivity contribution in [1.82, 2.24) is 9.97 Å². The number of rotatable bonds is 8. The summed E-state index contributed by atoms with van der Waals surface area (Å²) >= 11 is 1.64. The second kappa shape index (κ2) is 12.8. The van der Waals surface area contributed by atoms with Gasteiger partial charge in [0.25, 0.3) is 0 Å². The lowest BCUT2D eigenvalue weighted by Gasteiger charge is -2.06. The number of aromatic nitrogens is 2. The minimum absolute atomic E-state index is 0.152. The summed E-state index contributed by atoms with van der Waals surface area (Å²) in [5, 5.41) is 13.0. The van der Waals surface area contributed by atoms with Crippen molar-refractivity contribution in [3.05, 3.63) is 99.2 Å². The first-order chi connectivity index (χ1) is 17.6. The molecule has 0 spiro atoms. The van der Waals surface area contributed by atoms with Crippen molar-refractivity contribution >= 4 is 29.0 Å². The molecule has 192 valence electrons. The number of benzene rings is 2. The summed E-state index contributed by atoms with van der Waals surface area (Å²) in [6.45, 7) is 8.54. The van der Waals surface area contributed by atoms with Crippen LogP contribution in [0.3, 0.4) is 0 Å². The molecule has 0 saturated heterocycles. The Morgan fingerprint density at radius 2 is 1.62 bits per heavy atom. The molecule has 2 aromatic heterocycles. The lowest BCUT2D eigenvalue weighted by Crippen LogP contribution is -2.14. The van der Waals surface area contributed by atoms with Gasteiger partial charge in [0.15, 0.2) is 0 Å². The van der Waals surface area contributed by atoms with Gasteiger partial charge in [-0.1, -0.05) is 42.0 Å². The average molecular weight is 517 g/mol. The lowest BCUT2D eigenvalue weighted by molar-refractivity contribution is -0.136. The van der Waals surface area contributed by atoms with E-state index in [4.69, 9.17) is 10.8 Å². The Bertz CT molecular complexity index is 1360. The highest BCUT2D eigenvalue weighted by molar-refractivity contribution is 7.15. The van der Waals surface area contributed by atoms with Crippen LogP contribution in [0.5, 0.6) is 0 Å². The number of primary amides is 1. The van der Waals surface area contributed by atoms with Gasteiger partial charge < -0.3 is 16.2 Å². The quantitative estimate of drug-likeness (QED) is 0.270. The van der Waals surface area contributed by atoms with Gasteiger partial charge in [-0.2, -0.15) is 0 Å². The molecule has 7 nitrogen and oxygen atoms in total. The summed E-state index contributed by atoms with van der Waals surface area (Å²) in [6.07, 6.45) is 4.37. The third-order valence-corrected chi connectivity index (χ3v) is 6.71. The summed E-state index contributed by atoms with van der Waals surface area (Å²) < 4.78 is 0. The van der Waals surface area contributed by atoms with Gasteiger partial charge in [0.2, 0.25) is 5.91 Å². The number of aryl methyl sites for hydroxylation is 5. The minimum atomic E-state index is -0.774. The number of carboxylic acids is 1. The molecule has 0 aliphatic carbocycles. The maximum atomic E-state index is 11.0. The van der Waals surface area contributed by atoms with Crippen LogP contribution in [0.15, 0.2) is 60.9 Å². The number of carbonyl (C=O) groups is 2. The van der Waals surface area contributed by atoms with Crippen LogP contribution in [0.1, 0.15) is 49.5 Å². The van der Waals surface area contributed by atoms with Crippen LogP contribution in [0.25, 0.3) is 10.6 Å². The highest BCUT2D eigenvalue weighted by Crippen LogP contribution is 2.26. The Labute approximate surface area is 221 Å². The summed E-state index contributed by atoms with van der Waals surface area (Å²) in [5.74, 6) is -0.257. The first kappa shape index (κ1) is 27.5. The number of nitrogens with one attached hydrogen (secondary N) is 1. The zero-order valence-corrected chi connectivity index (χ0v) is 22.4. The van der Waals surface area contributed by atoms with Crippen LogP contribution in [-0.2, 0) is 17.8 Å². The SMILES string of the molecule is Cc1cc(C)c(C(N)=O)c(C)c1.Cc1ccnc(NCc2cnc(-c3ccc(CCC(=O)O)cc3)s2)c1. The van der Waals surface area contributed by atoms with Crippen LogP contribution < -0.4 is 11.1 Å². The fraction of sp³-hybridized carbons (Fsp3) is 0.241. The Balaban J connectivity index is 0.000000266. The molecule has 0 saturated carbocycles. The molecular formula is C29H32N4O3S. The number of thiazole rings is 1. The Morgan fingerprint density at radius 3 is 2.22 bits per heavy atom. The number of nitrogens with zero attached hydrogens (tertiary/aromatic N) is 2. The van der Waals surface area contributed by atoms with Crippen LogP contribution in [0.2, 0.25) is 0 Å². The van der Waals surface area contributed by atoms with E-state index < -0.39 is 5.97 Å². The molecule has 8 heteroatoms.